The van der Waals surface area contributed by atoms with E-state index in [-0.39, 0.29) is 11.8 Å². The van der Waals surface area contributed by atoms with E-state index in [0.717, 1.165) is 10.6 Å². The third kappa shape index (κ3) is 3.24. The highest BCUT2D eigenvalue weighted by Crippen LogP contribution is 2.45. The summed E-state index contributed by atoms with van der Waals surface area (Å²) in [6.45, 7) is 0.889. The monoisotopic (exact) mass is 382 g/mol. The van der Waals surface area contributed by atoms with Gasteiger partial charge in [-0.3, -0.25) is 9.59 Å². The summed E-state index contributed by atoms with van der Waals surface area (Å²) in [6, 6.07) is 16.9. The van der Waals surface area contributed by atoms with Crippen LogP contribution < -0.4 is 4.90 Å². The molecule has 5 nitrogen and oxygen atoms in total. The summed E-state index contributed by atoms with van der Waals surface area (Å²) in [5, 5.41) is 10.7. The lowest BCUT2D eigenvalue weighted by Gasteiger charge is -2.44. The van der Waals surface area contributed by atoms with Crippen molar-refractivity contribution in [1.82, 2.24) is 4.90 Å². The second-order valence-electron chi connectivity index (χ2n) is 7.12. The quantitative estimate of drug-likeness (QED) is 0.868. The molecule has 2 heterocycles. The zero-order valence-corrected chi connectivity index (χ0v) is 16.0. The summed E-state index contributed by atoms with van der Waals surface area (Å²) < 4.78 is 0. The van der Waals surface area contributed by atoms with Crippen LogP contribution in [0.5, 0.6) is 0 Å². The van der Waals surface area contributed by atoms with Crippen LogP contribution in [0.15, 0.2) is 59.5 Å². The Morgan fingerprint density at radius 1 is 1.07 bits per heavy atom. The summed E-state index contributed by atoms with van der Waals surface area (Å²) in [7, 11) is 1.76. The molecule has 1 unspecified atom stereocenters. The van der Waals surface area contributed by atoms with Crippen LogP contribution in [0.1, 0.15) is 23.2 Å². The maximum Gasteiger partial charge on any atom is 0.253 e. The van der Waals surface area contributed by atoms with Gasteiger partial charge in [0.15, 0.2) is 0 Å². The molecule has 0 bridgehead atoms. The molecule has 2 aromatic rings. The molecule has 0 spiro atoms. The molecule has 2 amide bonds. The Kier molecular flexibility index (Phi) is 4.70. The molecule has 1 N–H and O–H groups in total. The number of amides is 2. The van der Waals surface area contributed by atoms with Crippen molar-refractivity contribution < 1.29 is 14.7 Å². The Balaban J connectivity index is 1.50. The second kappa shape index (κ2) is 7.02. The Morgan fingerprint density at radius 3 is 2.41 bits per heavy atom. The number of anilines is 1. The molecule has 0 radical (unpaired) electrons. The number of hydrogen-bond donors (Lipinski definition) is 1. The zero-order chi connectivity index (χ0) is 19.0. The van der Waals surface area contributed by atoms with E-state index in [0.29, 0.717) is 31.5 Å². The van der Waals surface area contributed by atoms with E-state index < -0.39 is 10.9 Å². The molecule has 1 atom stereocenters. The molecule has 1 saturated heterocycles. The fraction of sp³-hybridized carbons (Fsp3) is 0.333. The van der Waals surface area contributed by atoms with Gasteiger partial charge in [0.25, 0.3) is 5.91 Å². The molecule has 0 aromatic heterocycles. The van der Waals surface area contributed by atoms with E-state index in [1.165, 1.54) is 11.8 Å². The average Bonchev–Trinajstić information content (AvgIpc) is 2.71. The Bertz CT molecular complexity index is 863. The fourth-order valence-corrected chi connectivity index (χ4v) is 5.22. The van der Waals surface area contributed by atoms with Crippen molar-refractivity contribution in [3.8, 4) is 0 Å². The lowest BCUT2D eigenvalue weighted by molar-refractivity contribution is -0.124. The lowest BCUT2D eigenvalue weighted by Crippen LogP contribution is -2.57. The standard InChI is InChI=1S/C21H22N2O3S/c1-22-16-9-5-6-10-17(16)27-18(20(22)25)21(26)11-13-23(14-12-21)19(24)15-7-3-2-4-8-15/h2-10,18,26H,11-14H2,1H3. The number of hydrogen-bond acceptors (Lipinski definition) is 4. The van der Waals surface area contributed by atoms with Crippen LogP contribution in [0, 0.1) is 0 Å². The van der Waals surface area contributed by atoms with E-state index >= 15 is 0 Å². The van der Waals surface area contributed by atoms with Crippen molar-refractivity contribution in [3.63, 3.8) is 0 Å². The zero-order valence-electron chi connectivity index (χ0n) is 15.2. The van der Waals surface area contributed by atoms with E-state index in [2.05, 4.69) is 0 Å². The van der Waals surface area contributed by atoms with E-state index in [9.17, 15) is 14.7 Å². The van der Waals surface area contributed by atoms with Gasteiger partial charge in [-0.2, -0.15) is 0 Å². The normalized spacial score (nSPS) is 21.7. The largest absolute Gasteiger partial charge is 0.388 e. The van der Waals surface area contributed by atoms with Gasteiger partial charge in [-0.05, 0) is 37.1 Å². The second-order valence-corrected chi connectivity index (χ2v) is 8.27. The number of nitrogens with zero attached hydrogens (tertiary/aromatic N) is 2. The molecule has 27 heavy (non-hydrogen) atoms. The molecule has 140 valence electrons. The van der Waals surface area contributed by atoms with Crippen molar-refractivity contribution in [2.45, 2.75) is 28.6 Å². The van der Waals surface area contributed by atoms with Crippen LogP contribution >= 0.6 is 11.8 Å². The number of carbonyl (C=O) groups is 2. The molecule has 2 aliphatic rings. The first-order chi connectivity index (χ1) is 13.0. The lowest BCUT2D eigenvalue weighted by atomic mass is 9.86. The molecular formula is C21H22N2O3S. The van der Waals surface area contributed by atoms with Crippen LogP contribution in [0.4, 0.5) is 5.69 Å². The van der Waals surface area contributed by atoms with Crippen molar-refractivity contribution >= 4 is 29.3 Å². The number of para-hydroxylation sites is 1. The van der Waals surface area contributed by atoms with E-state index in [1.54, 1.807) is 29.0 Å². The summed E-state index contributed by atoms with van der Waals surface area (Å²) in [4.78, 5) is 29.9. The maximum atomic E-state index is 12.9. The third-order valence-electron chi connectivity index (χ3n) is 5.45. The molecule has 2 aromatic carbocycles. The maximum absolute atomic E-state index is 12.9. The van der Waals surface area contributed by atoms with Crippen molar-refractivity contribution in [2.24, 2.45) is 0 Å². The molecule has 0 aliphatic carbocycles. The van der Waals surface area contributed by atoms with Crippen LogP contribution in [0.25, 0.3) is 0 Å². The summed E-state index contributed by atoms with van der Waals surface area (Å²) in [5.74, 6) is -0.105. The highest BCUT2D eigenvalue weighted by atomic mass is 32.2. The molecular weight excluding hydrogens is 360 g/mol. The number of piperidine rings is 1. The third-order valence-corrected chi connectivity index (χ3v) is 6.93. The van der Waals surface area contributed by atoms with Gasteiger partial charge < -0.3 is 14.9 Å². The molecule has 2 aliphatic heterocycles. The minimum Gasteiger partial charge on any atom is -0.388 e. The van der Waals surface area contributed by atoms with Crippen LogP contribution in [-0.2, 0) is 4.79 Å². The number of benzene rings is 2. The van der Waals surface area contributed by atoms with Crippen LogP contribution in [0.2, 0.25) is 0 Å². The van der Waals surface area contributed by atoms with Gasteiger partial charge in [0.05, 0.1) is 11.3 Å². The first-order valence-electron chi connectivity index (χ1n) is 9.09. The number of likely N-dealkylation sites (tertiary alicyclic amines) is 1. The van der Waals surface area contributed by atoms with Gasteiger partial charge in [-0.25, -0.2) is 0 Å². The molecule has 4 rings (SSSR count). The van der Waals surface area contributed by atoms with Gasteiger partial charge in [0.2, 0.25) is 5.91 Å². The highest BCUT2D eigenvalue weighted by molar-refractivity contribution is 8.01. The smallest absolute Gasteiger partial charge is 0.253 e. The van der Waals surface area contributed by atoms with Crippen molar-refractivity contribution in [3.05, 3.63) is 60.2 Å². The predicted octanol–water partition coefficient (Wildman–Crippen LogP) is 2.79. The first-order valence-corrected chi connectivity index (χ1v) is 9.97. The fourth-order valence-electron chi connectivity index (χ4n) is 3.77. The average molecular weight is 382 g/mol. The van der Waals surface area contributed by atoms with Gasteiger partial charge in [-0.15, -0.1) is 11.8 Å². The van der Waals surface area contributed by atoms with Crippen molar-refractivity contribution in [2.75, 3.05) is 25.0 Å². The minimum atomic E-state index is -1.11. The number of fused-ring (bicyclic) bond motifs is 1. The van der Waals surface area contributed by atoms with E-state index in [1.807, 2.05) is 42.5 Å². The number of carbonyl (C=O) groups excluding carboxylic acids is 2. The Hall–Kier alpha value is -2.31. The number of thioether (sulfide) groups is 1. The van der Waals surface area contributed by atoms with Gasteiger partial charge in [0.1, 0.15) is 5.25 Å². The number of aliphatic hydroxyl groups is 1. The van der Waals surface area contributed by atoms with Crippen LogP contribution in [-0.4, -0.2) is 52.8 Å². The first kappa shape index (κ1) is 18.1. The van der Waals surface area contributed by atoms with Gasteiger partial charge in [0, 0.05) is 30.6 Å². The summed E-state index contributed by atoms with van der Waals surface area (Å²) in [5.41, 5.74) is 0.417. The Labute approximate surface area is 163 Å². The molecule has 6 heteroatoms. The predicted molar refractivity (Wildman–Crippen MR) is 106 cm³/mol. The summed E-state index contributed by atoms with van der Waals surface area (Å²) in [6.07, 6.45) is 0.788. The SMILES string of the molecule is CN1C(=O)C(C2(O)CCN(C(=O)c3ccccc3)CC2)Sc2ccccc21. The topological polar surface area (TPSA) is 60.9 Å². The number of rotatable bonds is 2. The highest BCUT2D eigenvalue weighted by Gasteiger charge is 2.48. The van der Waals surface area contributed by atoms with Crippen LogP contribution in [0.3, 0.4) is 0 Å². The van der Waals surface area contributed by atoms with Gasteiger partial charge >= 0.3 is 0 Å². The van der Waals surface area contributed by atoms with E-state index in [4.69, 9.17) is 0 Å². The van der Waals surface area contributed by atoms with Crippen molar-refractivity contribution in [1.29, 1.82) is 0 Å². The molecule has 1 fully saturated rings. The Morgan fingerprint density at radius 2 is 1.70 bits per heavy atom. The van der Waals surface area contributed by atoms with Gasteiger partial charge in [-0.1, -0.05) is 30.3 Å². The summed E-state index contributed by atoms with van der Waals surface area (Å²) >= 11 is 1.44. The molecule has 0 saturated carbocycles. The minimum absolute atomic E-state index is 0.0252.